The standard InChI is InChI=1S/C29H29NO8/c1-20-5-4-6-23(15-20)30(16-28(33)37-18-26(31)21-7-11-24(35-2)12-8-21)17-29(34)38-19-27(32)22-9-13-25(36-3)14-10-22/h4-15H,16-19H2,1-3H3. The summed E-state index contributed by atoms with van der Waals surface area (Å²) < 4.78 is 20.5. The summed E-state index contributed by atoms with van der Waals surface area (Å²) in [6.07, 6.45) is 0. The van der Waals surface area contributed by atoms with Crippen LogP contribution in [-0.4, -0.2) is 64.0 Å². The molecule has 9 nitrogen and oxygen atoms in total. The van der Waals surface area contributed by atoms with Crippen molar-refractivity contribution in [1.82, 2.24) is 0 Å². The normalized spacial score (nSPS) is 10.3. The lowest BCUT2D eigenvalue weighted by atomic mass is 10.1. The fourth-order valence-electron chi connectivity index (χ4n) is 3.48. The Labute approximate surface area is 220 Å². The van der Waals surface area contributed by atoms with E-state index in [1.54, 1.807) is 66.7 Å². The topological polar surface area (TPSA) is 108 Å². The van der Waals surface area contributed by atoms with Gasteiger partial charge < -0.3 is 23.8 Å². The van der Waals surface area contributed by atoms with Crippen LogP contribution >= 0.6 is 0 Å². The summed E-state index contributed by atoms with van der Waals surface area (Å²) in [6.45, 7) is 0.363. The van der Waals surface area contributed by atoms with Crippen molar-refractivity contribution in [3.05, 3.63) is 89.5 Å². The van der Waals surface area contributed by atoms with E-state index >= 15 is 0 Å². The van der Waals surface area contributed by atoms with Crippen LogP contribution in [0.4, 0.5) is 5.69 Å². The molecule has 0 N–H and O–H groups in total. The largest absolute Gasteiger partial charge is 0.497 e. The van der Waals surface area contributed by atoms with Gasteiger partial charge >= 0.3 is 11.9 Å². The van der Waals surface area contributed by atoms with Crippen LogP contribution in [0.5, 0.6) is 11.5 Å². The second-order valence-electron chi connectivity index (χ2n) is 8.32. The number of anilines is 1. The number of benzene rings is 3. The number of ether oxygens (including phenoxy) is 4. The maximum atomic E-state index is 12.6. The molecular formula is C29H29NO8. The molecule has 0 aromatic heterocycles. The van der Waals surface area contributed by atoms with Crippen molar-refractivity contribution in [2.75, 3.05) is 45.4 Å². The Balaban J connectivity index is 1.58. The smallest absolute Gasteiger partial charge is 0.326 e. The lowest BCUT2D eigenvalue weighted by Gasteiger charge is -2.23. The molecule has 0 saturated carbocycles. The first-order valence-corrected chi connectivity index (χ1v) is 11.8. The number of hydrogen-bond acceptors (Lipinski definition) is 9. The number of carbonyl (C=O) groups is 4. The molecule has 3 rings (SSSR count). The lowest BCUT2D eigenvalue weighted by molar-refractivity contribution is -0.142. The summed E-state index contributed by atoms with van der Waals surface area (Å²) in [4.78, 5) is 51.4. The Bertz CT molecular complexity index is 1190. The maximum Gasteiger partial charge on any atom is 0.326 e. The quantitative estimate of drug-likeness (QED) is 0.247. The van der Waals surface area contributed by atoms with Crippen molar-refractivity contribution < 1.29 is 38.1 Å². The van der Waals surface area contributed by atoms with Gasteiger partial charge in [0.2, 0.25) is 0 Å². The Kier molecular flexibility index (Phi) is 9.99. The van der Waals surface area contributed by atoms with Gasteiger partial charge in [0.05, 0.1) is 14.2 Å². The highest BCUT2D eigenvalue weighted by Gasteiger charge is 2.20. The molecule has 0 spiro atoms. The Morgan fingerprint density at radius 1 is 0.658 bits per heavy atom. The maximum absolute atomic E-state index is 12.6. The molecule has 0 heterocycles. The molecule has 0 bridgehead atoms. The molecule has 0 aliphatic rings. The molecule has 3 aromatic rings. The zero-order chi connectivity index (χ0) is 27.5. The molecule has 38 heavy (non-hydrogen) atoms. The molecule has 0 unspecified atom stereocenters. The number of aryl methyl sites for hydroxylation is 1. The summed E-state index contributed by atoms with van der Waals surface area (Å²) >= 11 is 0. The van der Waals surface area contributed by atoms with Crippen molar-refractivity contribution >= 4 is 29.2 Å². The van der Waals surface area contributed by atoms with Crippen molar-refractivity contribution in [3.8, 4) is 11.5 Å². The third kappa shape index (κ3) is 8.19. The molecule has 0 atom stereocenters. The van der Waals surface area contributed by atoms with Gasteiger partial charge in [0.1, 0.15) is 24.6 Å². The molecule has 198 valence electrons. The third-order valence-corrected chi connectivity index (χ3v) is 5.56. The van der Waals surface area contributed by atoms with Crippen molar-refractivity contribution in [2.45, 2.75) is 6.92 Å². The minimum Gasteiger partial charge on any atom is -0.497 e. The number of rotatable bonds is 13. The SMILES string of the molecule is COc1ccc(C(=O)COC(=O)CN(CC(=O)OCC(=O)c2ccc(OC)cc2)c2cccc(C)c2)cc1. The van der Waals surface area contributed by atoms with Gasteiger partial charge in [-0.1, -0.05) is 12.1 Å². The first-order chi connectivity index (χ1) is 18.3. The Hall–Kier alpha value is -4.66. The van der Waals surface area contributed by atoms with E-state index in [-0.39, 0.29) is 24.7 Å². The second kappa shape index (κ2) is 13.6. The van der Waals surface area contributed by atoms with E-state index < -0.39 is 25.2 Å². The molecule has 3 aromatic carbocycles. The number of ketones is 2. The van der Waals surface area contributed by atoms with E-state index in [9.17, 15) is 19.2 Å². The molecule has 9 heteroatoms. The predicted molar refractivity (Wildman–Crippen MR) is 140 cm³/mol. The third-order valence-electron chi connectivity index (χ3n) is 5.56. The fraction of sp³-hybridized carbons (Fsp3) is 0.241. The highest BCUT2D eigenvalue weighted by Crippen LogP contribution is 2.17. The van der Waals surface area contributed by atoms with Crippen LogP contribution in [-0.2, 0) is 19.1 Å². The molecule has 0 fully saturated rings. The van der Waals surface area contributed by atoms with Crippen LogP contribution in [0.2, 0.25) is 0 Å². The summed E-state index contributed by atoms with van der Waals surface area (Å²) in [5.74, 6) is -0.945. The average Bonchev–Trinajstić information content (AvgIpc) is 2.94. The lowest BCUT2D eigenvalue weighted by Crippen LogP contribution is -2.37. The Morgan fingerprint density at radius 2 is 1.11 bits per heavy atom. The first kappa shape index (κ1) is 27.9. The summed E-state index contributed by atoms with van der Waals surface area (Å²) in [5, 5.41) is 0. The number of methoxy groups -OCH3 is 2. The van der Waals surface area contributed by atoms with E-state index in [1.807, 2.05) is 13.0 Å². The van der Waals surface area contributed by atoms with Crippen molar-refractivity contribution in [1.29, 1.82) is 0 Å². The Morgan fingerprint density at radius 3 is 1.50 bits per heavy atom. The number of carbonyl (C=O) groups excluding carboxylic acids is 4. The highest BCUT2D eigenvalue weighted by atomic mass is 16.5. The van der Waals surface area contributed by atoms with Gasteiger partial charge in [0.15, 0.2) is 24.8 Å². The van der Waals surface area contributed by atoms with Crippen LogP contribution in [0.1, 0.15) is 26.3 Å². The summed E-state index contributed by atoms with van der Waals surface area (Å²) in [5.41, 5.74) is 2.25. The molecule has 0 amide bonds. The fourth-order valence-corrected chi connectivity index (χ4v) is 3.48. The first-order valence-electron chi connectivity index (χ1n) is 11.8. The number of esters is 2. The average molecular weight is 520 g/mol. The van der Waals surface area contributed by atoms with Crippen LogP contribution in [0, 0.1) is 6.92 Å². The highest BCUT2D eigenvalue weighted by molar-refractivity contribution is 5.99. The predicted octanol–water partition coefficient (Wildman–Crippen LogP) is 3.67. The van der Waals surface area contributed by atoms with Crippen molar-refractivity contribution in [2.24, 2.45) is 0 Å². The van der Waals surface area contributed by atoms with E-state index in [2.05, 4.69) is 0 Å². The van der Waals surface area contributed by atoms with Gasteiger partial charge in [-0.05, 0) is 73.2 Å². The molecule has 0 saturated heterocycles. The van der Waals surface area contributed by atoms with Crippen LogP contribution in [0.3, 0.4) is 0 Å². The molecular weight excluding hydrogens is 490 g/mol. The monoisotopic (exact) mass is 519 g/mol. The van der Waals surface area contributed by atoms with Crippen molar-refractivity contribution in [3.63, 3.8) is 0 Å². The second-order valence-corrected chi connectivity index (χ2v) is 8.32. The molecule has 0 radical (unpaired) electrons. The zero-order valence-electron chi connectivity index (χ0n) is 21.5. The van der Waals surface area contributed by atoms with Gasteiger partial charge in [-0.25, -0.2) is 0 Å². The number of Topliss-reactive ketones (excluding diaryl/α,β-unsaturated/α-hetero) is 2. The van der Waals surface area contributed by atoms with E-state index in [1.165, 1.54) is 19.1 Å². The summed E-state index contributed by atoms with van der Waals surface area (Å²) in [7, 11) is 3.04. The van der Waals surface area contributed by atoms with Gasteiger partial charge in [-0.2, -0.15) is 0 Å². The minimum absolute atomic E-state index is 0.305. The zero-order valence-corrected chi connectivity index (χ0v) is 21.5. The van der Waals surface area contributed by atoms with Gasteiger partial charge in [0.25, 0.3) is 0 Å². The minimum atomic E-state index is -0.699. The molecule has 0 aliphatic heterocycles. The van der Waals surface area contributed by atoms with E-state index in [0.717, 1.165) is 5.56 Å². The number of nitrogens with zero attached hydrogens (tertiary/aromatic N) is 1. The van der Waals surface area contributed by atoms with Crippen LogP contribution in [0.15, 0.2) is 72.8 Å². The van der Waals surface area contributed by atoms with E-state index in [0.29, 0.717) is 28.3 Å². The molecule has 0 aliphatic carbocycles. The van der Waals surface area contributed by atoms with Crippen LogP contribution < -0.4 is 14.4 Å². The van der Waals surface area contributed by atoms with E-state index in [4.69, 9.17) is 18.9 Å². The van der Waals surface area contributed by atoms with Gasteiger partial charge in [-0.3, -0.25) is 19.2 Å². The van der Waals surface area contributed by atoms with Crippen LogP contribution in [0.25, 0.3) is 0 Å². The number of hydrogen-bond donors (Lipinski definition) is 0. The summed E-state index contributed by atoms with van der Waals surface area (Å²) in [6, 6.07) is 20.1. The van der Waals surface area contributed by atoms with Gasteiger partial charge in [0, 0.05) is 16.8 Å². The van der Waals surface area contributed by atoms with Gasteiger partial charge in [-0.15, -0.1) is 0 Å².